The number of aromatic nitrogens is 1. The summed E-state index contributed by atoms with van der Waals surface area (Å²) >= 11 is 7.46. The molecule has 0 spiro atoms. The number of ether oxygens (including phenoxy) is 1. The summed E-state index contributed by atoms with van der Waals surface area (Å²) in [5.41, 5.74) is 1.05. The van der Waals surface area contributed by atoms with Gasteiger partial charge in [-0.25, -0.2) is 4.98 Å². The first-order valence-corrected chi connectivity index (χ1v) is 5.81. The van der Waals surface area contributed by atoms with Gasteiger partial charge in [0.2, 0.25) is 0 Å². The summed E-state index contributed by atoms with van der Waals surface area (Å²) in [6.07, 6.45) is 1.69. The SMILES string of the molecule is Clc1cc(COCc2cccs2)ccn1. The molecule has 0 N–H and O–H groups in total. The lowest BCUT2D eigenvalue weighted by molar-refractivity contribution is 0.109. The Kier molecular flexibility index (Phi) is 3.72. The van der Waals surface area contributed by atoms with Crippen LogP contribution in [0.5, 0.6) is 0 Å². The third-order valence-corrected chi connectivity index (χ3v) is 2.94. The smallest absolute Gasteiger partial charge is 0.129 e. The van der Waals surface area contributed by atoms with Crippen LogP contribution in [0.1, 0.15) is 10.4 Å². The summed E-state index contributed by atoms with van der Waals surface area (Å²) in [4.78, 5) is 5.14. The maximum absolute atomic E-state index is 5.76. The molecule has 0 aliphatic carbocycles. The number of rotatable bonds is 4. The van der Waals surface area contributed by atoms with Gasteiger partial charge in [-0.15, -0.1) is 11.3 Å². The first kappa shape index (κ1) is 10.6. The van der Waals surface area contributed by atoms with E-state index < -0.39 is 0 Å². The van der Waals surface area contributed by atoms with Gasteiger partial charge < -0.3 is 4.74 Å². The Hall–Kier alpha value is -0.900. The Bertz CT molecular complexity index is 416. The van der Waals surface area contributed by atoms with E-state index in [1.54, 1.807) is 17.5 Å². The summed E-state index contributed by atoms with van der Waals surface area (Å²) in [5.74, 6) is 0. The van der Waals surface area contributed by atoms with Gasteiger partial charge in [0, 0.05) is 11.1 Å². The largest absolute Gasteiger partial charge is 0.371 e. The fourth-order valence-corrected chi connectivity index (χ4v) is 2.03. The van der Waals surface area contributed by atoms with E-state index in [1.165, 1.54) is 4.88 Å². The van der Waals surface area contributed by atoms with Crippen LogP contribution in [0.25, 0.3) is 0 Å². The van der Waals surface area contributed by atoms with Crippen LogP contribution in [0, 0.1) is 0 Å². The molecule has 2 aromatic heterocycles. The molecule has 78 valence electrons. The lowest BCUT2D eigenvalue weighted by Gasteiger charge is -2.02. The van der Waals surface area contributed by atoms with Gasteiger partial charge in [-0.1, -0.05) is 17.7 Å². The zero-order valence-corrected chi connectivity index (χ0v) is 9.59. The Morgan fingerprint density at radius 2 is 2.27 bits per heavy atom. The Morgan fingerprint density at radius 3 is 3.00 bits per heavy atom. The highest BCUT2D eigenvalue weighted by Crippen LogP contribution is 2.12. The topological polar surface area (TPSA) is 22.1 Å². The van der Waals surface area contributed by atoms with Crippen molar-refractivity contribution in [2.75, 3.05) is 0 Å². The Morgan fingerprint density at radius 1 is 1.33 bits per heavy atom. The van der Waals surface area contributed by atoms with Gasteiger partial charge in [0.05, 0.1) is 13.2 Å². The molecule has 2 nitrogen and oxygen atoms in total. The summed E-state index contributed by atoms with van der Waals surface area (Å²) in [6.45, 7) is 1.22. The number of thiophene rings is 1. The third-order valence-electron chi connectivity index (χ3n) is 1.88. The average Bonchev–Trinajstić information content (AvgIpc) is 2.71. The summed E-state index contributed by atoms with van der Waals surface area (Å²) in [7, 11) is 0. The maximum Gasteiger partial charge on any atom is 0.129 e. The average molecular weight is 240 g/mol. The fourth-order valence-electron chi connectivity index (χ4n) is 1.20. The van der Waals surface area contributed by atoms with Crippen LogP contribution in [0.15, 0.2) is 35.8 Å². The molecular weight excluding hydrogens is 230 g/mol. The van der Waals surface area contributed by atoms with E-state index in [2.05, 4.69) is 11.1 Å². The van der Waals surface area contributed by atoms with Crippen LogP contribution < -0.4 is 0 Å². The number of pyridine rings is 1. The lowest BCUT2D eigenvalue weighted by Crippen LogP contribution is -1.92. The second kappa shape index (κ2) is 5.26. The second-order valence-electron chi connectivity index (χ2n) is 3.06. The van der Waals surface area contributed by atoms with E-state index in [-0.39, 0.29) is 0 Å². The third kappa shape index (κ3) is 3.30. The molecule has 0 saturated carbocycles. The molecule has 2 aromatic rings. The van der Waals surface area contributed by atoms with Crippen LogP contribution in [-0.2, 0) is 18.0 Å². The van der Waals surface area contributed by atoms with Crippen molar-refractivity contribution in [1.29, 1.82) is 0 Å². The van der Waals surface area contributed by atoms with Crippen molar-refractivity contribution in [1.82, 2.24) is 4.98 Å². The molecule has 0 radical (unpaired) electrons. The Labute approximate surface area is 97.5 Å². The first-order chi connectivity index (χ1) is 7.34. The van der Waals surface area contributed by atoms with Gasteiger partial charge in [-0.05, 0) is 29.1 Å². The fraction of sp³-hybridized carbons (Fsp3) is 0.182. The molecule has 4 heteroatoms. The quantitative estimate of drug-likeness (QED) is 0.762. The van der Waals surface area contributed by atoms with Gasteiger partial charge in [-0.2, -0.15) is 0 Å². The van der Waals surface area contributed by atoms with Gasteiger partial charge in [-0.3, -0.25) is 0 Å². The summed E-state index contributed by atoms with van der Waals surface area (Å²) in [6, 6.07) is 7.80. The molecule has 0 bridgehead atoms. The molecule has 0 atom stereocenters. The maximum atomic E-state index is 5.76. The van der Waals surface area contributed by atoms with E-state index in [9.17, 15) is 0 Å². The van der Waals surface area contributed by atoms with Gasteiger partial charge >= 0.3 is 0 Å². The highest BCUT2D eigenvalue weighted by atomic mass is 35.5. The summed E-state index contributed by atoms with van der Waals surface area (Å²) in [5, 5.41) is 2.55. The van der Waals surface area contributed by atoms with Crippen LogP contribution in [0.4, 0.5) is 0 Å². The molecule has 15 heavy (non-hydrogen) atoms. The molecule has 0 aromatic carbocycles. The van der Waals surface area contributed by atoms with Crippen molar-refractivity contribution >= 4 is 22.9 Å². The van der Waals surface area contributed by atoms with Crippen molar-refractivity contribution in [2.45, 2.75) is 13.2 Å². The summed E-state index contributed by atoms with van der Waals surface area (Å²) < 4.78 is 5.54. The van der Waals surface area contributed by atoms with E-state index in [4.69, 9.17) is 16.3 Å². The van der Waals surface area contributed by atoms with Crippen LogP contribution >= 0.6 is 22.9 Å². The Balaban J connectivity index is 1.83. The van der Waals surface area contributed by atoms with Gasteiger partial charge in [0.25, 0.3) is 0 Å². The number of halogens is 1. The number of hydrogen-bond acceptors (Lipinski definition) is 3. The zero-order chi connectivity index (χ0) is 10.5. The highest BCUT2D eigenvalue weighted by molar-refractivity contribution is 7.09. The van der Waals surface area contributed by atoms with Gasteiger partial charge in [0.1, 0.15) is 5.15 Å². The number of nitrogens with zero attached hydrogens (tertiary/aromatic N) is 1. The van der Waals surface area contributed by atoms with E-state index in [0.29, 0.717) is 18.4 Å². The predicted octanol–water partition coefficient (Wildman–Crippen LogP) is 3.51. The molecule has 0 aliphatic rings. The molecule has 0 fully saturated rings. The monoisotopic (exact) mass is 239 g/mol. The van der Waals surface area contributed by atoms with Gasteiger partial charge in [0.15, 0.2) is 0 Å². The normalized spacial score (nSPS) is 10.5. The van der Waals surface area contributed by atoms with Crippen molar-refractivity contribution in [3.05, 3.63) is 51.4 Å². The van der Waals surface area contributed by atoms with Crippen LogP contribution in [0.3, 0.4) is 0 Å². The lowest BCUT2D eigenvalue weighted by atomic mass is 10.3. The molecular formula is C11H10ClNOS. The van der Waals surface area contributed by atoms with Crippen molar-refractivity contribution in [3.8, 4) is 0 Å². The minimum absolute atomic E-state index is 0.507. The molecule has 0 amide bonds. The molecule has 0 unspecified atom stereocenters. The van der Waals surface area contributed by atoms with E-state index in [1.807, 2.05) is 23.6 Å². The zero-order valence-electron chi connectivity index (χ0n) is 8.02. The number of hydrogen-bond donors (Lipinski definition) is 0. The predicted molar refractivity (Wildman–Crippen MR) is 62.1 cm³/mol. The van der Waals surface area contributed by atoms with Crippen LogP contribution in [-0.4, -0.2) is 4.98 Å². The van der Waals surface area contributed by atoms with Crippen molar-refractivity contribution in [3.63, 3.8) is 0 Å². The van der Waals surface area contributed by atoms with Crippen LogP contribution in [0.2, 0.25) is 5.15 Å². The highest BCUT2D eigenvalue weighted by Gasteiger charge is 1.97. The minimum atomic E-state index is 0.507. The standard InChI is InChI=1S/C11H10ClNOS/c12-11-6-9(3-4-13-11)7-14-8-10-2-1-5-15-10/h1-6H,7-8H2. The molecule has 0 aliphatic heterocycles. The van der Waals surface area contributed by atoms with E-state index >= 15 is 0 Å². The molecule has 0 saturated heterocycles. The molecule has 2 rings (SSSR count). The van der Waals surface area contributed by atoms with Crippen molar-refractivity contribution in [2.24, 2.45) is 0 Å². The molecule has 2 heterocycles. The minimum Gasteiger partial charge on any atom is -0.371 e. The second-order valence-corrected chi connectivity index (χ2v) is 4.48. The first-order valence-electron chi connectivity index (χ1n) is 4.55. The van der Waals surface area contributed by atoms with E-state index in [0.717, 1.165) is 5.56 Å². The van der Waals surface area contributed by atoms with Crippen molar-refractivity contribution < 1.29 is 4.74 Å².